The van der Waals surface area contributed by atoms with Crippen molar-refractivity contribution in [3.63, 3.8) is 0 Å². The van der Waals surface area contributed by atoms with E-state index in [1.807, 2.05) is 26.0 Å². The predicted molar refractivity (Wildman–Crippen MR) is 151 cm³/mol. The summed E-state index contributed by atoms with van der Waals surface area (Å²) in [6, 6.07) is 15.7. The zero-order valence-corrected chi connectivity index (χ0v) is 23.1. The molecule has 5 rings (SSSR count). The molecule has 2 aromatic heterocycles. The van der Waals surface area contributed by atoms with E-state index in [0.29, 0.717) is 22.4 Å². The molecule has 0 unspecified atom stereocenters. The van der Waals surface area contributed by atoms with Crippen molar-refractivity contribution in [2.24, 2.45) is 5.14 Å². The second-order valence-corrected chi connectivity index (χ2v) is 11.5. The summed E-state index contributed by atoms with van der Waals surface area (Å²) < 4.78 is 53.9. The molecule has 3 N–H and O–H groups in total. The highest BCUT2D eigenvalue weighted by Gasteiger charge is 2.23. The van der Waals surface area contributed by atoms with Crippen molar-refractivity contribution in [3.05, 3.63) is 113 Å². The summed E-state index contributed by atoms with van der Waals surface area (Å²) in [4.78, 5) is 22.2. The Kier molecular flexibility index (Phi) is 7.65. The number of carbonyl (C=O) groups is 1. The topological polar surface area (TPSA) is 120 Å². The van der Waals surface area contributed by atoms with Crippen LogP contribution in [0.2, 0.25) is 0 Å². The van der Waals surface area contributed by atoms with Crippen LogP contribution in [0.5, 0.6) is 0 Å². The van der Waals surface area contributed by atoms with Crippen LogP contribution in [0, 0.1) is 25.5 Å². The lowest BCUT2D eigenvalue weighted by molar-refractivity contribution is -0.122. The van der Waals surface area contributed by atoms with Crippen LogP contribution in [0.3, 0.4) is 0 Å². The third kappa shape index (κ3) is 6.31. The molecule has 0 aliphatic rings. The van der Waals surface area contributed by atoms with Crippen LogP contribution >= 0.6 is 0 Å². The van der Waals surface area contributed by atoms with E-state index >= 15 is 0 Å². The predicted octanol–water partition coefficient (Wildman–Crippen LogP) is 4.74. The first-order valence-electron chi connectivity index (χ1n) is 12.7. The zero-order valence-electron chi connectivity index (χ0n) is 22.3. The molecule has 41 heavy (non-hydrogen) atoms. The number of rotatable bonds is 8. The highest BCUT2D eigenvalue weighted by Crippen LogP contribution is 2.30. The number of amides is 1. The average Bonchev–Trinajstić information content (AvgIpc) is 3.28. The van der Waals surface area contributed by atoms with Crippen molar-refractivity contribution in [2.75, 3.05) is 0 Å². The Labute approximate surface area is 235 Å². The van der Waals surface area contributed by atoms with Crippen molar-refractivity contribution in [3.8, 4) is 11.1 Å². The molecule has 0 aliphatic carbocycles. The van der Waals surface area contributed by atoms with E-state index in [1.165, 1.54) is 30.5 Å². The number of benzene rings is 3. The summed E-state index contributed by atoms with van der Waals surface area (Å²) in [6.07, 6.45) is 3.13. The number of hydrogen-bond donors (Lipinski definition) is 2. The van der Waals surface area contributed by atoms with Crippen LogP contribution in [-0.2, 0) is 27.8 Å². The van der Waals surface area contributed by atoms with Crippen molar-refractivity contribution in [2.45, 2.75) is 37.8 Å². The first kappa shape index (κ1) is 28.1. The van der Waals surface area contributed by atoms with Gasteiger partial charge in [-0.25, -0.2) is 27.3 Å². The third-order valence-electron chi connectivity index (χ3n) is 6.89. The normalized spacial score (nSPS) is 12.4. The minimum Gasteiger partial charge on any atom is -0.346 e. The average molecular weight is 576 g/mol. The molecule has 1 atom stereocenters. The number of carbonyl (C=O) groups excluding carboxylic acids is 1. The molecule has 0 bridgehead atoms. The fourth-order valence-electron chi connectivity index (χ4n) is 4.79. The number of sulfonamides is 1. The Hall–Kier alpha value is -4.48. The van der Waals surface area contributed by atoms with Crippen LogP contribution in [0.15, 0.2) is 84.1 Å². The Bertz CT molecular complexity index is 1870. The Balaban J connectivity index is 1.53. The summed E-state index contributed by atoms with van der Waals surface area (Å²) in [6.45, 7) is 3.91. The monoisotopic (exact) mass is 575 g/mol. The molecule has 8 nitrogen and oxygen atoms in total. The number of imidazole rings is 1. The van der Waals surface area contributed by atoms with E-state index in [9.17, 15) is 22.0 Å². The minimum atomic E-state index is -3.98. The number of fused-ring (bicyclic) bond motifs is 1. The van der Waals surface area contributed by atoms with E-state index in [-0.39, 0.29) is 23.8 Å². The molecular formula is C30H27F2N5O3S. The van der Waals surface area contributed by atoms with Gasteiger partial charge >= 0.3 is 0 Å². The van der Waals surface area contributed by atoms with Gasteiger partial charge < -0.3 is 9.88 Å². The van der Waals surface area contributed by atoms with Crippen LogP contribution in [-0.4, -0.2) is 28.9 Å². The number of nitrogens with zero attached hydrogens (tertiary/aromatic N) is 3. The Morgan fingerprint density at radius 1 is 0.976 bits per heavy atom. The maximum atomic E-state index is 14.1. The van der Waals surface area contributed by atoms with Crippen molar-refractivity contribution in [1.29, 1.82) is 0 Å². The van der Waals surface area contributed by atoms with Gasteiger partial charge in [-0.2, -0.15) is 0 Å². The molecule has 0 aliphatic heterocycles. The molecule has 210 valence electrons. The van der Waals surface area contributed by atoms with E-state index in [1.54, 1.807) is 35.2 Å². The summed E-state index contributed by atoms with van der Waals surface area (Å²) in [5.41, 5.74) is 5.42. The van der Waals surface area contributed by atoms with Crippen LogP contribution in [0.25, 0.3) is 22.2 Å². The van der Waals surface area contributed by atoms with E-state index in [2.05, 4.69) is 15.3 Å². The maximum absolute atomic E-state index is 14.1. The molecule has 5 aromatic rings. The number of nitrogens with one attached hydrogen (secondary N) is 1. The standard InChI is InChI=1S/C30H27F2N5O3S/c1-18-9-26-28(10-19(18)2)37(17-35-26)16-29(38)36-27(13-20-11-22(31)15-23(32)12-20)30-25(7-4-8-34-30)21-5-3-6-24(14-21)41(33,39)40/h3-12,14-15,17,27H,13,16H2,1-2H3,(H,36,38)(H2,33,39,40)/t27-/m0/s1. The van der Waals surface area contributed by atoms with E-state index in [0.717, 1.165) is 28.2 Å². The van der Waals surface area contributed by atoms with Gasteiger partial charge in [-0.3, -0.25) is 9.78 Å². The lowest BCUT2D eigenvalue weighted by atomic mass is 9.95. The summed E-state index contributed by atoms with van der Waals surface area (Å²) in [5.74, 6) is -1.87. The molecule has 0 radical (unpaired) electrons. The second-order valence-electron chi connectivity index (χ2n) is 9.91. The number of nitrogens with two attached hydrogens (primary N) is 1. The number of primary sulfonamides is 1. The fraction of sp³-hybridized carbons (Fsp3) is 0.167. The van der Waals surface area contributed by atoms with Gasteiger partial charge in [0, 0.05) is 17.8 Å². The number of halogens is 2. The number of pyridine rings is 1. The van der Waals surface area contributed by atoms with Crippen molar-refractivity contribution in [1.82, 2.24) is 19.9 Å². The SMILES string of the molecule is Cc1cc2ncn(CC(=O)N[C@@H](Cc3cc(F)cc(F)c3)c3ncccc3-c3cccc(S(N)(=O)=O)c3)c2cc1C. The van der Waals surface area contributed by atoms with Gasteiger partial charge in [0.25, 0.3) is 0 Å². The Morgan fingerprint density at radius 3 is 2.44 bits per heavy atom. The summed E-state index contributed by atoms with van der Waals surface area (Å²) in [7, 11) is -3.98. The number of aryl methyl sites for hydroxylation is 2. The van der Waals surface area contributed by atoms with Crippen molar-refractivity contribution >= 4 is 27.0 Å². The van der Waals surface area contributed by atoms with Gasteiger partial charge in [-0.05, 0) is 85.0 Å². The zero-order chi connectivity index (χ0) is 29.3. The summed E-state index contributed by atoms with van der Waals surface area (Å²) >= 11 is 0. The lowest BCUT2D eigenvalue weighted by Crippen LogP contribution is -2.33. The highest BCUT2D eigenvalue weighted by molar-refractivity contribution is 7.89. The van der Waals surface area contributed by atoms with Crippen LogP contribution in [0.4, 0.5) is 8.78 Å². The van der Waals surface area contributed by atoms with E-state index < -0.39 is 27.7 Å². The molecular weight excluding hydrogens is 548 g/mol. The fourth-order valence-corrected chi connectivity index (χ4v) is 5.35. The lowest BCUT2D eigenvalue weighted by Gasteiger charge is -2.22. The highest BCUT2D eigenvalue weighted by atomic mass is 32.2. The summed E-state index contributed by atoms with van der Waals surface area (Å²) in [5, 5.41) is 8.31. The van der Waals surface area contributed by atoms with Gasteiger partial charge in [0.15, 0.2) is 0 Å². The molecule has 0 spiro atoms. The quantitative estimate of drug-likeness (QED) is 0.277. The first-order chi connectivity index (χ1) is 19.5. The molecule has 3 aromatic carbocycles. The molecule has 0 fully saturated rings. The van der Waals surface area contributed by atoms with Crippen LogP contribution in [0.1, 0.15) is 28.4 Å². The van der Waals surface area contributed by atoms with Crippen molar-refractivity contribution < 1.29 is 22.0 Å². The molecule has 0 saturated heterocycles. The molecule has 1 amide bonds. The first-order valence-corrected chi connectivity index (χ1v) is 14.3. The minimum absolute atomic E-state index is 0.0162. The number of hydrogen-bond acceptors (Lipinski definition) is 5. The van der Waals surface area contributed by atoms with Gasteiger partial charge in [0.05, 0.1) is 34.0 Å². The molecule has 11 heteroatoms. The smallest absolute Gasteiger partial charge is 0.240 e. The third-order valence-corrected chi connectivity index (χ3v) is 7.80. The maximum Gasteiger partial charge on any atom is 0.240 e. The number of aromatic nitrogens is 3. The second kappa shape index (κ2) is 11.2. The molecule has 2 heterocycles. The largest absolute Gasteiger partial charge is 0.346 e. The van der Waals surface area contributed by atoms with Gasteiger partial charge in [-0.1, -0.05) is 18.2 Å². The van der Waals surface area contributed by atoms with Gasteiger partial charge in [0.1, 0.15) is 18.2 Å². The van der Waals surface area contributed by atoms with Crippen LogP contribution < -0.4 is 10.5 Å². The molecule has 0 saturated carbocycles. The Morgan fingerprint density at radius 2 is 1.71 bits per heavy atom. The van der Waals surface area contributed by atoms with Gasteiger partial charge in [-0.15, -0.1) is 0 Å². The van der Waals surface area contributed by atoms with Gasteiger partial charge in [0.2, 0.25) is 15.9 Å². The van der Waals surface area contributed by atoms with E-state index in [4.69, 9.17) is 5.14 Å².